The van der Waals surface area contributed by atoms with Crippen molar-refractivity contribution in [1.82, 2.24) is 24.5 Å². The van der Waals surface area contributed by atoms with E-state index in [0.717, 1.165) is 41.8 Å². The van der Waals surface area contributed by atoms with Crippen LogP contribution in [0.5, 0.6) is 0 Å². The number of hydrogen-bond acceptors (Lipinski definition) is 8. The van der Waals surface area contributed by atoms with Gasteiger partial charge < -0.3 is 20.3 Å². The maximum atomic E-state index is 13.1. The molecule has 10 nitrogen and oxygen atoms in total. The molecular weight excluding hydrogens is 576 g/mol. The molecule has 1 atom stereocenters. The van der Waals surface area contributed by atoms with Crippen molar-refractivity contribution in [1.29, 1.82) is 5.26 Å². The molecule has 3 saturated carbocycles. The highest BCUT2D eigenvalue weighted by Gasteiger charge is 2.59. The summed E-state index contributed by atoms with van der Waals surface area (Å²) in [5.74, 6) is 0.795. The lowest BCUT2D eigenvalue weighted by molar-refractivity contribution is -0.0989. The van der Waals surface area contributed by atoms with E-state index >= 15 is 0 Å². The van der Waals surface area contributed by atoms with Gasteiger partial charge in [-0.15, -0.1) is 5.10 Å². The van der Waals surface area contributed by atoms with Crippen LogP contribution in [-0.2, 0) is 12.6 Å². The lowest BCUT2D eigenvalue weighted by atomic mass is 9.50. The highest BCUT2D eigenvalue weighted by Crippen LogP contribution is 2.62. The van der Waals surface area contributed by atoms with Crippen molar-refractivity contribution in [3.63, 3.8) is 0 Å². The third-order valence-electron chi connectivity index (χ3n) is 9.29. The normalized spacial score (nSPS) is 19.7. The number of nitrogens with one attached hydrogen (secondary N) is 2. The van der Waals surface area contributed by atoms with E-state index in [4.69, 9.17) is 11.6 Å². The van der Waals surface area contributed by atoms with Gasteiger partial charge in [0.05, 0.1) is 39.6 Å². The van der Waals surface area contributed by atoms with Gasteiger partial charge >= 0.3 is 0 Å². The minimum Gasteiger partial charge on any atom is -0.396 e. The number of nitrogens with zero attached hydrogens (tertiary/aromatic N) is 6. The molecule has 0 radical (unpaired) electrons. The van der Waals surface area contributed by atoms with Gasteiger partial charge in [0.15, 0.2) is 0 Å². The summed E-state index contributed by atoms with van der Waals surface area (Å²) < 4.78 is 3.59. The smallest absolute Gasteiger partial charge is 0.258 e. The number of anilines is 2. The van der Waals surface area contributed by atoms with Crippen LogP contribution in [0, 0.1) is 22.7 Å². The first-order chi connectivity index (χ1) is 21.1. The van der Waals surface area contributed by atoms with Crippen LogP contribution < -0.4 is 16.2 Å². The number of pyridine rings is 2. The second kappa shape index (κ2) is 10.3. The average molecular weight is 609 g/mol. The molecule has 2 bridgehead atoms. The van der Waals surface area contributed by atoms with E-state index in [0.29, 0.717) is 44.8 Å². The molecule has 3 aliphatic carbocycles. The molecule has 0 amide bonds. The van der Waals surface area contributed by atoms with E-state index < -0.39 is 11.5 Å². The summed E-state index contributed by atoms with van der Waals surface area (Å²) in [5.41, 5.74) is 3.42. The fraction of sp³-hybridized carbons (Fsp3) is 0.364. The Kier molecular flexibility index (Phi) is 6.64. The lowest BCUT2D eigenvalue weighted by Crippen LogP contribution is -2.59. The van der Waals surface area contributed by atoms with Crippen LogP contribution in [0.25, 0.3) is 21.7 Å². The van der Waals surface area contributed by atoms with Crippen LogP contribution in [0.3, 0.4) is 0 Å². The number of rotatable bonds is 9. The summed E-state index contributed by atoms with van der Waals surface area (Å²) in [6.07, 6.45) is 8.71. The summed E-state index contributed by atoms with van der Waals surface area (Å²) >= 11 is 6.82. The predicted octanol–water partition coefficient (Wildman–Crippen LogP) is 5.34. The molecule has 8 rings (SSSR count). The molecule has 224 valence electrons. The first kappa shape index (κ1) is 28.3. The first-order valence-electron chi connectivity index (χ1n) is 14.8. The van der Waals surface area contributed by atoms with Gasteiger partial charge in [-0.2, -0.15) is 5.26 Å². The van der Waals surface area contributed by atoms with Crippen molar-refractivity contribution in [2.45, 2.75) is 44.7 Å². The number of halogens is 1. The molecule has 3 aliphatic rings. The van der Waals surface area contributed by atoms with Gasteiger partial charge in [-0.25, -0.2) is 4.68 Å². The van der Waals surface area contributed by atoms with E-state index in [1.807, 2.05) is 61.1 Å². The molecule has 2 aromatic carbocycles. The van der Waals surface area contributed by atoms with Gasteiger partial charge in [0, 0.05) is 54.5 Å². The monoisotopic (exact) mass is 608 g/mol. The van der Waals surface area contributed by atoms with Crippen molar-refractivity contribution in [2.24, 2.45) is 18.4 Å². The van der Waals surface area contributed by atoms with Gasteiger partial charge in [-0.3, -0.25) is 9.78 Å². The fourth-order valence-corrected chi connectivity index (χ4v) is 6.75. The highest BCUT2D eigenvalue weighted by molar-refractivity contribution is 6.35. The van der Waals surface area contributed by atoms with Crippen LogP contribution in [0.2, 0.25) is 5.02 Å². The Hall–Kier alpha value is -4.46. The van der Waals surface area contributed by atoms with Crippen LogP contribution in [0.4, 0.5) is 11.4 Å². The van der Waals surface area contributed by atoms with Gasteiger partial charge in [0.25, 0.3) is 5.56 Å². The van der Waals surface area contributed by atoms with Gasteiger partial charge in [0.2, 0.25) is 0 Å². The Morgan fingerprint density at radius 1 is 1.20 bits per heavy atom. The number of fused-ring (bicyclic) bond motifs is 2. The number of hydrogen-bond donors (Lipinski definition) is 3. The fourth-order valence-electron chi connectivity index (χ4n) is 6.48. The topological polar surface area (TPSA) is 134 Å². The Bertz CT molecular complexity index is 2030. The van der Waals surface area contributed by atoms with Crippen molar-refractivity contribution in [3.05, 3.63) is 87.2 Å². The Morgan fingerprint density at radius 2 is 2.00 bits per heavy atom. The van der Waals surface area contributed by atoms with Crippen molar-refractivity contribution in [2.75, 3.05) is 23.8 Å². The molecule has 3 heterocycles. The Balaban J connectivity index is 1.36. The Labute approximate surface area is 259 Å². The number of aliphatic hydroxyl groups excluding tert-OH is 1. The second-order valence-corrected chi connectivity index (χ2v) is 13.5. The maximum absolute atomic E-state index is 13.1. The number of aliphatic hydroxyl groups is 1. The molecule has 0 spiro atoms. The molecule has 0 aliphatic heterocycles. The minimum atomic E-state index is -0.461. The van der Waals surface area contributed by atoms with Crippen molar-refractivity contribution < 1.29 is 5.11 Å². The summed E-state index contributed by atoms with van der Waals surface area (Å²) in [6, 6.07) is 13.2. The summed E-state index contributed by atoms with van der Waals surface area (Å²) in [7, 11) is 1.74. The third-order valence-corrected chi connectivity index (χ3v) is 9.58. The average Bonchev–Trinajstić information content (AvgIpc) is 3.44. The zero-order chi connectivity index (χ0) is 30.8. The number of aromatic nitrogens is 5. The zero-order valence-electron chi connectivity index (χ0n) is 24.8. The SMILES string of the molecule is Cn1ccc2c(C(Nc3cc(Cl)c4ncc(C#N)c(NCC(C)(C)CO)c4c3)c3cn(C45CC(C4)C5)nn3)cccc2c1=O. The number of nitriles is 1. The van der Waals surface area contributed by atoms with E-state index in [-0.39, 0.29) is 17.7 Å². The molecule has 3 fully saturated rings. The number of benzene rings is 2. The van der Waals surface area contributed by atoms with Gasteiger partial charge in [-0.05, 0) is 60.4 Å². The van der Waals surface area contributed by atoms with Crippen LogP contribution >= 0.6 is 11.6 Å². The van der Waals surface area contributed by atoms with Crippen molar-refractivity contribution in [3.8, 4) is 6.07 Å². The van der Waals surface area contributed by atoms with E-state index in [9.17, 15) is 15.2 Å². The third kappa shape index (κ3) is 4.59. The molecular formula is C33H33ClN8O2. The molecule has 11 heteroatoms. The predicted molar refractivity (Wildman–Crippen MR) is 171 cm³/mol. The molecule has 0 saturated heterocycles. The highest BCUT2D eigenvalue weighted by atomic mass is 35.5. The van der Waals surface area contributed by atoms with Crippen LogP contribution in [-0.4, -0.2) is 42.8 Å². The quantitative estimate of drug-likeness (QED) is 0.204. The lowest BCUT2D eigenvalue weighted by Gasteiger charge is -2.61. The second-order valence-electron chi connectivity index (χ2n) is 13.1. The molecule has 1 unspecified atom stereocenters. The summed E-state index contributed by atoms with van der Waals surface area (Å²) in [6.45, 7) is 4.30. The van der Waals surface area contributed by atoms with E-state index in [1.165, 1.54) is 6.20 Å². The Morgan fingerprint density at radius 3 is 2.70 bits per heavy atom. The molecule has 3 aromatic heterocycles. The molecule has 3 N–H and O–H groups in total. The van der Waals surface area contributed by atoms with Crippen LogP contribution in [0.1, 0.15) is 56.0 Å². The molecule has 44 heavy (non-hydrogen) atoms. The standard InChI is InChI=1S/C33H33ClN8O2/c1-32(2,18-43)17-37-28-20(14-35)15-36-29-25(28)9-21(10-26(29)34)38-30(27-16-42(40-39-27)33-11-19(12-33)13-33)23-5-4-6-24-22(23)7-8-41(3)31(24)44/h4-10,15-16,19,30,38,43H,11-13,17-18H2,1-3H3,(H,36,37). The summed E-state index contributed by atoms with van der Waals surface area (Å²) in [4.78, 5) is 17.6. The van der Waals surface area contributed by atoms with E-state index in [1.54, 1.807) is 17.8 Å². The van der Waals surface area contributed by atoms with Crippen LogP contribution in [0.15, 0.2) is 59.8 Å². The summed E-state index contributed by atoms with van der Waals surface area (Å²) in [5, 5.41) is 38.5. The zero-order valence-corrected chi connectivity index (χ0v) is 25.6. The largest absolute Gasteiger partial charge is 0.396 e. The minimum absolute atomic E-state index is 0.0170. The molecule has 5 aromatic rings. The van der Waals surface area contributed by atoms with Crippen molar-refractivity contribution >= 4 is 44.7 Å². The van der Waals surface area contributed by atoms with Gasteiger partial charge in [-0.1, -0.05) is 42.8 Å². The van der Waals surface area contributed by atoms with E-state index in [2.05, 4.69) is 32.0 Å². The number of aryl methyl sites for hydroxylation is 1. The van der Waals surface area contributed by atoms with Gasteiger partial charge in [0.1, 0.15) is 11.8 Å². The maximum Gasteiger partial charge on any atom is 0.258 e. The first-order valence-corrected chi connectivity index (χ1v) is 15.1.